The molecule has 0 unspecified atom stereocenters. The van der Waals surface area contributed by atoms with Crippen LogP contribution in [0.3, 0.4) is 0 Å². The quantitative estimate of drug-likeness (QED) is 0.134. The molecule has 16 rings (SSSR count). The Labute approximate surface area is 478 Å². The van der Waals surface area contributed by atoms with Crippen molar-refractivity contribution in [3.05, 3.63) is 315 Å². The van der Waals surface area contributed by atoms with Gasteiger partial charge in [0, 0.05) is 55.8 Å². The number of anilines is 6. The van der Waals surface area contributed by atoms with Crippen molar-refractivity contribution in [3.8, 4) is 72.4 Å². The zero-order chi connectivity index (χ0) is 54.1. The molecule has 13 aromatic carbocycles. The Morgan fingerprint density at radius 1 is 0.244 bits per heavy atom. The third kappa shape index (κ3) is 7.60. The van der Waals surface area contributed by atoms with E-state index in [0.29, 0.717) is 0 Å². The Morgan fingerprint density at radius 3 is 1.20 bits per heavy atom. The van der Waals surface area contributed by atoms with E-state index in [-0.39, 0.29) is 6.71 Å². The fourth-order valence-corrected chi connectivity index (χ4v) is 13.5. The molecule has 82 heavy (non-hydrogen) atoms. The number of aromatic nitrogens is 1. The van der Waals surface area contributed by atoms with Crippen LogP contribution in [0.2, 0.25) is 0 Å². The molecule has 0 N–H and O–H groups in total. The van der Waals surface area contributed by atoms with Gasteiger partial charge in [0.1, 0.15) is 0 Å². The monoisotopic (exact) mass is 1040 g/mol. The summed E-state index contributed by atoms with van der Waals surface area (Å²) in [7, 11) is 0. The highest BCUT2D eigenvalue weighted by molar-refractivity contribution is 7.00. The van der Waals surface area contributed by atoms with Gasteiger partial charge < -0.3 is 14.4 Å². The number of para-hydroxylation sites is 3. The fraction of sp³-hybridized carbons (Fsp3) is 0. The van der Waals surface area contributed by atoms with Crippen LogP contribution >= 0.6 is 0 Å². The number of benzene rings is 13. The van der Waals surface area contributed by atoms with Crippen LogP contribution in [0.15, 0.2) is 315 Å². The maximum atomic E-state index is 2.68. The fourth-order valence-electron chi connectivity index (χ4n) is 13.5. The summed E-state index contributed by atoms with van der Waals surface area (Å²) in [5.41, 5.74) is 28.1. The Bertz CT molecular complexity index is 4620. The number of hydrogen-bond acceptors (Lipinski definition) is 2. The molecule has 0 saturated heterocycles. The van der Waals surface area contributed by atoms with Gasteiger partial charge in [0.25, 0.3) is 6.71 Å². The molecule has 0 spiro atoms. The van der Waals surface area contributed by atoms with E-state index < -0.39 is 0 Å². The lowest BCUT2D eigenvalue weighted by Crippen LogP contribution is -2.61. The molecule has 0 amide bonds. The Balaban J connectivity index is 1.06. The minimum atomic E-state index is -0.158. The van der Waals surface area contributed by atoms with E-state index in [0.717, 1.165) is 89.7 Å². The summed E-state index contributed by atoms with van der Waals surface area (Å²) in [4.78, 5) is 5.30. The van der Waals surface area contributed by atoms with Gasteiger partial charge in [-0.15, -0.1) is 0 Å². The lowest BCUT2D eigenvalue weighted by Gasteiger charge is -2.46. The SMILES string of the molecule is c1ccc(-c2cccc(-n3c4ccccc4c4c5c(ccc43)B3c4ccc(-c6ccccc6)cc4N(c4c(-c6ccccc6)cccc4-c4ccccc4)c4cccc(c43)N5c3c(-c4ccccc4)cccc3-c3ccccc3)c2)cc1. The van der Waals surface area contributed by atoms with Crippen molar-refractivity contribution in [2.75, 3.05) is 9.80 Å². The summed E-state index contributed by atoms with van der Waals surface area (Å²) < 4.78 is 2.50. The van der Waals surface area contributed by atoms with Crippen LogP contribution in [0, 0.1) is 0 Å². The summed E-state index contributed by atoms with van der Waals surface area (Å²) in [5.74, 6) is 0. The Morgan fingerprint density at radius 2 is 0.659 bits per heavy atom. The van der Waals surface area contributed by atoms with Gasteiger partial charge in [0.05, 0.1) is 28.1 Å². The number of fused-ring (bicyclic) bond motifs is 8. The smallest absolute Gasteiger partial charge is 0.252 e. The number of nitrogens with zero attached hydrogens (tertiary/aromatic N) is 3. The van der Waals surface area contributed by atoms with Crippen LogP contribution < -0.4 is 26.2 Å². The van der Waals surface area contributed by atoms with Gasteiger partial charge in [-0.25, -0.2) is 0 Å². The van der Waals surface area contributed by atoms with Gasteiger partial charge in [-0.05, 0) is 103 Å². The largest absolute Gasteiger partial charge is 0.310 e. The second-order valence-corrected chi connectivity index (χ2v) is 21.5. The molecule has 1 aromatic heterocycles. The molecule has 0 saturated carbocycles. The highest BCUT2D eigenvalue weighted by atomic mass is 15.2. The van der Waals surface area contributed by atoms with Gasteiger partial charge >= 0.3 is 0 Å². The zero-order valence-corrected chi connectivity index (χ0v) is 44.9. The van der Waals surface area contributed by atoms with Crippen LogP contribution in [0.5, 0.6) is 0 Å². The van der Waals surface area contributed by atoms with Crippen molar-refractivity contribution < 1.29 is 0 Å². The highest BCUT2D eigenvalue weighted by Crippen LogP contribution is 2.54. The van der Waals surface area contributed by atoms with E-state index in [4.69, 9.17) is 0 Å². The molecule has 0 aliphatic carbocycles. The maximum absolute atomic E-state index is 2.68. The van der Waals surface area contributed by atoms with E-state index in [9.17, 15) is 0 Å². The average Bonchev–Trinajstić information content (AvgIpc) is 1.50. The van der Waals surface area contributed by atoms with Crippen molar-refractivity contribution in [2.45, 2.75) is 0 Å². The first-order valence-electron chi connectivity index (χ1n) is 28.4. The average molecular weight is 1040 g/mol. The molecule has 4 heteroatoms. The third-order valence-electron chi connectivity index (χ3n) is 17.0. The third-order valence-corrected chi connectivity index (χ3v) is 17.0. The normalized spacial score (nSPS) is 12.3. The van der Waals surface area contributed by atoms with Crippen molar-refractivity contribution in [3.63, 3.8) is 0 Å². The Hall–Kier alpha value is -10.7. The van der Waals surface area contributed by atoms with E-state index in [1.807, 2.05) is 0 Å². The molecule has 0 bridgehead atoms. The van der Waals surface area contributed by atoms with Crippen LogP contribution in [0.4, 0.5) is 34.1 Å². The molecule has 382 valence electrons. The molecule has 0 atom stereocenters. The second-order valence-electron chi connectivity index (χ2n) is 21.5. The van der Waals surface area contributed by atoms with Crippen LogP contribution in [-0.4, -0.2) is 11.3 Å². The van der Waals surface area contributed by atoms with Gasteiger partial charge in [0.15, 0.2) is 0 Å². The topological polar surface area (TPSA) is 11.4 Å². The minimum absolute atomic E-state index is 0.158. The van der Waals surface area contributed by atoms with E-state index in [2.05, 4.69) is 330 Å². The molecule has 3 nitrogen and oxygen atoms in total. The second kappa shape index (κ2) is 19.6. The summed E-state index contributed by atoms with van der Waals surface area (Å²) in [6.07, 6.45) is 0. The van der Waals surface area contributed by atoms with Gasteiger partial charge in [0.2, 0.25) is 0 Å². The molecule has 0 fully saturated rings. The lowest BCUT2D eigenvalue weighted by atomic mass is 9.33. The van der Waals surface area contributed by atoms with Gasteiger partial charge in [-0.2, -0.15) is 0 Å². The summed E-state index contributed by atoms with van der Waals surface area (Å²) in [6, 6.07) is 117. The molecule has 3 heterocycles. The standard InChI is InChI=1S/C78H52BN3/c1-7-25-53(26-8-1)59-37-21-38-61(51-59)80-69-44-20-19-39-66(69)74-70(80)50-49-68-78(74)82(77-64(57-33-15-5-16-34-57)42-23-43-65(77)58-35-17-6-18-36-58)72-46-24-45-71-75(72)79(68)67-48-47-60(54-27-9-2-10-28-54)52-73(67)81(71)76-62(55-29-11-3-12-30-55)40-22-41-63(76)56-31-13-4-14-32-56/h1-52H. The zero-order valence-electron chi connectivity index (χ0n) is 44.9. The van der Waals surface area contributed by atoms with Crippen molar-refractivity contribution >= 4 is 79.0 Å². The molecular weight excluding hydrogens is 990 g/mol. The molecule has 2 aliphatic heterocycles. The Kier molecular flexibility index (Phi) is 11.3. The summed E-state index contributed by atoms with van der Waals surface area (Å²) in [5, 5.41) is 2.41. The van der Waals surface area contributed by atoms with Crippen molar-refractivity contribution in [1.82, 2.24) is 4.57 Å². The summed E-state index contributed by atoms with van der Waals surface area (Å²) in [6.45, 7) is -0.158. The molecule has 0 radical (unpaired) electrons. The summed E-state index contributed by atoms with van der Waals surface area (Å²) >= 11 is 0. The number of hydrogen-bond donors (Lipinski definition) is 0. The minimum Gasteiger partial charge on any atom is -0.310 e. The van der Waals surface area contributed by atoms with Crippen LogP contribution in [0.25, 0.3) is 94.3 Å². The molecule has 2 aliphatic rings. The van der Waals surface area contributed by atoms with E-state index in [1.54, 1.807) is 0 Å². The first-order chi connectivity index (χ1) is 40.7. The van der Waals surface area contributed by atoms with Crippen molar-refractivity contribution in [2.24, 2.45) is 0 Å². The maximum Gasteiger partial charge on any atom is 0.252 e. The predicted octanol–water partition coefficient (Wildman–Crippen LogP) is 18.9. The lowest BCUT2D eigenvalue weighted by molar-refractivity contribution is 1.18. The van der Waals surface area contributed by atoms with Crippen LogP contribution in [0.1, 0.15) is 0 Å². The first-order valence-corrected chi connectivity index (χ1v) is 28.4. The highest BCUT2D eigenvalue weighted by Gasteiger charge is 2.46. The number of rotatable bonds is 9. The first kappa shape index (κ1) is 47.3. The molecular formula is C78H52BN3. The van der Waals surface area contributed by atoms with Gasteiger partial charge in [-0.3, -0.25) is 0 Å². The molecule has 14 aromatic rings. The van der Waals surface area contributed by atoms with Crippen LogP contribution in [-0.2, 0) is 0 Å². The van der Waals surface area contributed by atoms with E-state index >= 15 is 0 Å². The predicted molar refractivity (Wildman–Crippen MR) is 347 cm³/mol. The van der Waals surface area contributed by atoms with Crippen molar-refractivity contribution in [1.29, 1.82) is 0 Å². The van der Waals surface area contributed by atoms with Gasteiger partial charge in [-0.1, -0.05) is 273 Å². The van der Waals surface area contributed by atoms with E-state index in [1.165, 1.54) is 55.1 Å².